The molecule has 0 atom stereocenters. The highest BCUT2D eigenvalue weighted by Crippen LogP contribution is 2.22. The Bertz CT molecular complexity index is 1500. The average Bonchev–Trinajstić information content (AvgIpc) is 3.21. The van der Waals surface area contributed by atoms with E-state index >= 15 is 0 Å². The third-order valence-electron chi connectivity index (χ3n) is 4.50. The van der Waals surface area contributed by atoms with E-state index in [1.807, 2.05) is 0 Å². The molecule has 4 aromatic heterocycles. The zero-order valence-electron chi connectivity index (χ0n) is 14.5. The average molecular weight is 425 g/mol. The van der Waals surface area contributed by atoms with Crippen LogP contribution in [0.1, 0.15) is 0 Å². The van der Waals surface area contributed by atoms with Crippen LogP contribution in [0.4, 0.5) is 0 Å². The van der Waals surface area contributed by atoms with Gasteiger partial charge >= 0.3 is 0 Å². The van der Waals surface area contributed by atoms with Crippen LogP contribution in [0.25, 0.3) is 33.4 Å². The summed E-state index contributed by atoms with van der Waals surface area (Å²) in [5.74, 6) is 0.274. The summed E-state index contributed by atoms with van der Waals surface area (Å²) >= 11 is 12.1. The molecule has 0 saturated heterocycles. The van der Waals surface area contributed by atoms with E-state index in [1.54, 1.807) is 42.7 Å². The highest BCUT2D eigenvalue weighted by atomic mass is 35.5. The maximum absolute atomic E-state index is 13.1. The third-order valence-corrected chi connectivity index (χ3v) is 4.94. The van der Waals surface area contributed by atoms with Gasteiger partial charge in [0.05, 0.1) is 27.5 Å². The Labute approximate surface area is 172 Å². The highest BCUT2D eigenvalue weighted by Gasteiger charge is 2.12. The summed E-state index contributed by atoms with van der Waals surface area (Å²) in [6.45, 7) is 0. The Hall–Kier alpha value is -3.49. The predicted octanol–water partition coefficient (Wildman–Crippen LogP) is 3.11. The standard InChI is InChI=1S/C19H10Cl2N6O2/c20-10-5-11(21)7-12(6-10)26-3-1-15-13(17(26)28)8-14-16(24-15)2-4-27(18(14)29)19-22-9-23-25-19/h1-9H,(H,22,23,25). The van der Waals surface area contributed by atoms with Crippen LogP contribution in [0, 0.1) is 0 Å². The number of nitrogens with one attached hydrogen (secondary N) is 1. The monoisotopic (exact) mass is 424 g/mol. The van der Waals surface area contributed by atoms with Crippen molar-refractivity contribution >= 4 is 45.0 Å². The third kappa shape index (κ3) is 2.89. The molecule has 0 bridgehead atoms. The number of hydrogen-bond donors (Lipinski definition) is 1. The number of fused-ring (bicyclic) bond motifs is 2. The summed E-state index contributed by atoms with van der Waals surface area (Å²) in [5, 5.41) is 7.80. The molecule has 29 heavy (non-hydrogen) atoms. The number of halogens is 2. The van der Waals surface area contributed by atoms with Gasteiger partial charge in [-0.15, -0.1) is 0 Å². The van der Waals surface area contributed by atoms with Gasteiger partial charge in [0.2, 0.25) is 5.95 Å². The molecule has 0 amide bonds. The number of aromatic nitrogens is 6. The molecule has 1 N–H and O–H groups in total. The molecule has 5 aromatic rings. The molecule has 1 aromatic carbocycles. The van der Waals surface area contributed by atoms with Crippen molar-refractivity contribution in [2.75, 3.05) is 0 Å². The first-order valence-corrected chi connectivity index (χ1v) is 9.17. The molecule has 4 heterocycles. The first-order valence-electron chi connectivity index (χ1n) is 8.41. The van der Waals surface area contributed by atoms with Crippen LogP contribution in [0.15, 0.2) is 64.7 Å². The number of rotatable bonds is 2. The number of aromatic amines is 1. The lowest BCUT2D eigenvalue weighted by atomic mass is 10.2. The van der Waals surface area contributed by atoms with Gasteiger partial charge in [-0.05, 0) is 36.4 Å². The summed E-state index contributed by atoms with van der Waals surface area (Å²) in [6, 6.07) is 9.77. The van der Waals surface area contributed by atoms with Crippen molar-refractivity contribution < 1.29 is 0 Å². The first kappa shape index (κ1) is 17.6. The molecule has 5 rings (SSSR count). The molecular weight excluding hydrogens is 415 g/mol. The number of pyridine rings is 3. The van der Waals surface area contributed by atoms with Crippen LogP contribution in [0.5, 0.6) is 0 Å². The maximum atomic E-state index is 13.1. The van der Waals surface area contributed by atoms with E-state index in [-0.39, 0.29) is 22.5 Å². The molecule has 0 aliphatic rings. The van der Waals surface area contributed by atoms with Crippen molar-refractivity contribution in [3.63, 3.8) is 0 Å². The van der Waals surface area contributed by atoms with Gasteiger partial charge in [0.25, 0.3) is 11.1 Å². The normalized spacial score (nSPS) is 11.4. The minimum absolute atomic E-state index is 0.274. The largest absolute Gasteiger partial charge is 0.284 e. The van der Waals surface area contributed by atoms with Gasteiger partial charge in [0.1, 0.15) is 6.33 Å². The molecular formula is C19H10Cl2N6O2. The molecule has 0 radical (unpaired) electrons. The smallest absolute Gasteiger partial charge is 0.266 e. The van der Waals surface area contributed by atoms with Gasteiger partial charge in [0.15, 0.2) is 0 Å². The van der Waals surface area contributed by atoms with E-state index in [0.717, 1.165) is 0 Å². The van der Waals surface area contributed by atoms with Crippen molar-refractivity contribution in [1.29, 1.82) is 0 Å². The van der Waals surface area contributed by atoms with Crippen molar-refractivity contribution in [2.24, 2.45) is 0 Å². The molecule has 0 aliphatic heterocycles. The second-order valence-electron chi connectivity index (χ2n) is 6.27. The fourth-order valence-electron chi connectivity index (χ4n) is 3.19. The van der Waals surface area contributed by atoms with Crippen molar-refractivity contribution in [3.8, 4) is 11.6 Å². The minimum Gasteiger partial charge on any atom is -0.284 e. The zero-order valence-corrected chi connectivity index (χ0v) is 16.0. The second-order valence-corrected chi connectivity index (χ2v) is 7.15. The maximum Gasteiger partial charge on any atom is 0.266 e. The first-order chi connectivity index (χ1) is 14.0. The van der Waals surface area contributed by atoms with E-state index < -0.39 is 0 Å². The van der Waals surface area contributed by atoms with Gasteiger partial charge in [-0.1, -0.05) is 23.2 Å². The Balaban J connectivity index is 1.80. The molecule has 10 heteroatoms. The van der Waals surface area contributed by atoms with E-state index in [4.69, 9.17) is 23.2 Å². The van der Waals surface area contributed by atoms with Crippen LogP contribution in [-0.4, -0.2) is 29.3 Å². The minimum atomic E-state index is -0.366. The van der Waals surface area contributed by atoms with Gasteiger partial charge < -0.3 is 0 Å². The van der Waals surface area contributed by atoms with Crippen LogP contribution in [0.3, 0.4) is 0 Å². The second kappa shape index (κ2) is 6.54. The number of nitrogens with zero attached hydrogens (tertiary/aromatic N) is 5. The molecule has 0 fully saturated rings. The lowest BCUT2D eigenvalue weighted by molar-refractivity contribution is 0.901. The lowest BCUT2D eigenvalue weighted by Gasteiger charge is -2.09. The van der Waals surface area contributed by atoms with Crippen LogP contribution in [-0.2, 0) is 0 Å². The van der Waals surface area contributed by atoms with Gasteiger partial charge in [-0.3, -0.25) is 18.7 Å². The topological polar surface area (TPSA) is 98.5 Å². The van der Waals surface area contributed by atoms with Gasteiger partial charge in [-0.25, -0.2) is 10.1 Å². The number of hydrogen-bond acceptors (Lipinski definition) is 5. The molecule has 142 valence electrons. The summed E-state index contributed by atoms with van der Waals surface area (Å²) in [4.78, 5) is 34.5. The molecule has 0 spiro atoms. The Morgan fingerprint density at radius 1 is 0.828 bits per heavy atom. The SMILES string of the molecule is O=c1c2cc3c(=O)n(-c4ncn[nH]4)ccc3nc2ccn1-c1cc(Cl)cc(Cl)c1. The van der Waals surface area contributed by atoms with Crippen LogP contribution in [0.2, 0.25) is 10.0 Å². The van der Waals surface area contributed by atoms with E-state index in [1.165, 1.54) is 21.5 Å². The van der Waals surface area contributed by atoms with Crippen LogP contribution < -0.4 is 11.1 Å². The summed E-state index contributed by atoms with van der Waals surface area (Å²) in [6.07, 6.45) is 4.46. The fourth-order valence-corrected chi connectivity index (χ4v) is 3.70. The highest BCUT2D eigenvalue weighted by molar-refractivity contribution is 6.34. The van der Waals surface area contributed by atoms with Gasteiger partial charge in [-0.2, -0.15) is 10.1 Å². The number of H-pyrrole nitrogens is 1. The predicted molar refractivity (Wildman–Crippen MR) is 110 cm³/mol. The summed E-state index contributed by atoms with van der Waals surface area (Å²) < 4.78 is 2.71. The van der Waals surface area contributed by atoms with Crippen molar-refractivity contribution in [2.45, 2.75) is 0 Å². The van der Waals surface area contributed by atoms with Crippen molar-refractivity contribution in [3.05, 3.63) is 85.9 Å². The lowest BCUT2D eigenvalue weighted by Crippen LogP contribution is -2.21. The van der Waals surface area contributed by atoms with E-state index in [2.05, 4.69) is 20.2 Å². The molecule has 0 aliphatic carbocycles. The van der Waals surface area contributed by atoms with Gasteiger partial charge in [0, 0.05) is 22.4 Å². The van der Waals surface area contributed by atoms with E-state index in [0.29, 0.717) is 32.2 Å². The molecule has 0 saturated carbocycles. The summed E-state index contributed by atoms with van der Waals surface area (Å²) in [5.41, 5.74) is 0.755. The van der Waals surface area contributed by atoms with E-state index in [9.17, 15) is 9.59 Å². The fraction of sp³-hybridized carbons (Fsp3) is 0. The zero-order chi connectivity index (χ0) is 20.1. The Morgan fingerprint density at radius 3 is 2.07 bits per heavy atom. The van der Waals surface area contributed by atoms with Crippen LogP contribution >= 0.6 is 23.2 Å². The Morgan fingerprint density at radius 2 is 1.45 bits per heavy atom. The Kier molecular flexibility index (Phi) is 3.97. The molecule has 0 unspecified atom stereocenters. The van der Waals surface area contributed by atoms with Crippen molar-refractivity contribution in [1.82, 2.24) is 29.3 Å². The summed E-state index contributed by atoms with van der Waals surface area (Å²) in [7, 11) is 0. The number of benzene rings is 1. The molecule has 8 nitrogen and oxygen atoms in total. The quantitative estimate of drug-likeness (QED) is 0.439.